The molecule has 0 aliphatic heterocycles. The van der Waals surface area contributed by atoms with Crippen LogP contribution in [0.5, 0.6) is 5.75 Å². The minimum Gasteiger partial charge on any atom is -0.496 e. The molecule has 0 spiro atoms. The lowest BCUT2D eigenvalue weighted by atomic mass is 10.1. The van der Waals surface area contributed by atoms with Crippen molar-refractivity contribution in [3.05, 3.63) is 88.1 Å². The number of carbonyl (C=O) groups is 2. The summed E-state index contributed by atoms with van der Waals surface area (Å²) in [6, 6.07) is 15.5. The lowest BCUT2D eigenvalue weighted by Crippen LogP contribution is -2.52. The van der Waals surface area contributed by atoms with Crippen LogP contribution in [0.25, 0.3) is 0 Å². The van der Waals surface area contributed by atoms with Crippen LogP contribution in [0.4, 0.5) is 10.1 Å². The molecule has 8 nitrogen and oxygen atoms in total. The van der Waals surface area contributed by atoms with Gasteiger partial charge in [0.1, 0.15) is 24.2 Å². The van der Waals surface area contributed by atoms with E-state index in [-0.39, 0.29) is 23.2 Å². The molecule has 0 radical (unpaired) electrons. The summed E-state index contributed by atoms with van der Waals surface area (Å²) in [5.41, 5.74) is 1.78. The lowest BCUT2D eigenvalue weighted by molar-refractivity contribution is -0.139. The number of sulfonamides is 1. The van der Waals surface area contributed by atoms with E-state index in [2.05, 4.69) is 21.2 Å². The SMILES string of the molecule is COc1ccc(S(=O)(=O)N(CC(=O)N(Cc2ccc(F)cc2)[C@@H](C)C(=O)NC(C)C)c2ccc(C)cc2)cc1Br. The molecule has 0 heterocycles. The van der Waals surface area contributed by atoms with E-state index in [1.54, 1.807) is 45.0 Å². The summed E-state index contributed by atoms with van der Waals surface area (Å²) in [7, 11) is -2.77. The number of hydrogen-bond acceptors (Lipinski definition) is 5. The Bertz CT molecular complexity index is 1450. The summed E-state index contributed by atoms with van der Waals surface area (Å²) in [6.45, 7) is 6.44. The second-order valence-electron chi connectivity index (χ2n) is 9.63. The van der Waals surface area contributed by atoms with Gasteiger partial charge in [-0.3, -0.25) is 13.9 Å². The van der Waals surface area contributed by atoms with Crippen LogP contribution in [-0.2, 0) is 26.2 Å². The molecule has 40 heavy (non-hydrogen) atoms. The van der Waals surface area contributed by atoms with Crippen molar-refractivity contribution < 1.29 is 27.1 Å². The topological polar surface area (TPSA) is 96.0 Å². The molecule has 3 aromatic rings. The fourth-order valence-electron chi connectivity index (χ4n) is 3.95. The molecule has 1 N–H and O–H groups in total. The van der Waals surface area contributed by atoms with E-state index >= 15 is 0 Å². The van der Waals surface area contributed by atoms with Crippen LogP contribution in [0.15, 0.2) is 76.1 Å². The number of ether oxygens (including phenoxy) is 1. The maximum Gasteiger partial charge on any atom is 0.264 e. The fraction of sp³-hybridized carbons (Fsp3) is 0.310. The summed E-state index contributed by atoms with van der Waals surface area (Å²) in [5.74, 6) is -0.983. The van der Waals surface area contributed by atoms with E-state index in [1.807, 2.05) is 6.92 Å². The number of carbonyl (C=O) groups excluding carboxylic acids is 2. The predicted octanol–water partition coefficient (Wildman–Crippen LogP) is 5.04. The maximum atomic E-state index is 13.9. The van der Waals surface area contributed by atoms with Gasteiger partial charge >= 0.3 is 0 Å². The van der Waals surface area contributed by atoms with Gasteiger partial charge in [0.2, 0.25) is 11.8 Å². The second kappa shape index (κ2) is 13.3. The zero-order valence-electron chi connectivity index (χ0n) is 23.0. The molecule has 3 aromatic carbocycles. The van der Waals surface area contributed by atoms with Gasteiger partial charge in [0.05, 0.1) is 22.2 Å². The molecule has 0 fully saturated rings. The molecule has 11 heteroatoms. The summed E-state index contributed by atoms with van der Waals surface area (Å²) in [6.07, 6.45) is 0. The molecule has 2 amide bonds. The molecular formula is C29H33BrFN3O5S. The van der Waals surface area contributed by atoms with Gasteiger partial charge in [-0.2, -0.15) is 0 Å². The second-order valence-corrected chi connectivity index (χ2v) is 12.3. The van der Waals surface area contributed by atoms with Gasteiger partial charge in [0.25, 0.3) is 10.0 Å². The smallest absolute Gasteiger partial charge is 0.264 e. The van der Waals surface area contributed by atoms with Gasteiger partial charge in [0, 0.05) is 12.6 Å². The molecule has 0 saturated carbocycles. The minimum atomic E-state index is -4.24. The fourth-order valence-corrected chi connectivity index (χ4v) is 6.08. The van der Waals surface area contributed by atoms with Crippen molar-refractivity contribution in [2.24, 2.45) is 0 Å². The van der Waals surface area contributed by atoms with Crippen LogP contribution in [-0.4, -0.2) is 50.9 Å². The van der Waals surface area contributed by atoms with E-state index in [0.717, 1.165) is 9.87 Å². The number of benzene rings is 3. The third-order valence-corrected chi connectivity index (χ3v) is 8.57. The molecule has 3 rings (SSSR count). The van der Waals surface area contributed by atoms with Gasteiger partial charge in [-0.1, -0.05) is 29.8 Å². The first-order chi connectivity index (χ1) is 18.8. The Labute approximate surface area is 243 Å². The quantitative estimate of drug-likeness (QED) is 0.319. The van der Waals surface area contributed by atoms with Crippen molar-refractivity contribution in [1.82, 2.24) is 10.2 Å². The third-order valence-electron chi connectivity index (χ3n) is 6.18. The zero-order valence-corrected chi connectivity index (χ0v) is 25.4. The monoisotopic (exact) mass is 633 g/mol. The highest BCUT2D eigenvalue weighted by atomic mass is 79.9. The molecule has 0 unspecified atom stereocenters. The number of nitrogens with one attached hydrogen (secondary N) is 1. The number of halogens is 2. The molecule has 0 bridgehead atoms. The Morgan fingerprint density at radius 2 is 1.62 bits per heavy atom. The summed E-state index contributed by atoms with van der Waals surface area (Å²) >= 11 is 3.33. The number of methoxy groups -OCH3 is 1. The third kappa shape index (κ3) is 7.60. The normalized spacial score (nSPS) is 12.1. The van der Waals surface area contributed by atoms with Crippen molar-refractivity contribution >= 4 is 43.5 Å². The first-order valence-electron chi connectivity index (χ1n) is 12.6. The van der Waals surface area contributed by atoms with Crippen LogP contribution in [0.3, 0.4) is 0 Å². The Morgan fingerprint density at radius 1 is 1.00 bits per heavy atom. The van der Waals surface area contributed by atoms with Gasteiger partial charge < -0.3 is 15.0 Å². The van der Waals surface area contributed by atoms with Crippen LogP contribution in [0, 0.1) is 12.7 Å². The Kier molecular flexibility index (Phi) is 10.3. The lowest BCUT2D eigenvalue weighted by Gasteiger charge is -2.32. The van der Waals surface area contributed by atoms with Crippen molar-refractivity contribution in [3.63, 3.8) is 0 Å². The number of nitrogens with zero attached hydrogens (tertiary/aromatic N) is 2. The summed E-state index contributed by atoms with van der Waals surface area (Å²) in [5, 5.41) is 2.80. The molecule has 0 aromatic heterocycles. The van der Waals surface area contributed by atoms with Crippen molar-refractivity contribution in [2.45, 2.75) is 51.2 Å². The number of amides is 2. The first-order valence-corrected chi connectivity index (χ1v) is 14.8. The Hall–Kier alpha value is -3.44. The zero-order chi connectivity index (χ0) is 29.6. The maximum absolute atomic E-state index is 13.9. The highest BCUT2D eigenvalue weighted by molar-refractivity contribution is 9.10. The number of aryl methyl sites for hydroxylation is 1. The standard InChI is InChI=1S/C29H33BrFN3O5S/c1-19(2)32-29(36)21(4)33(17-22-8-10-23(31)11-9-22)28(35)18-34(24-12-6-20(3)7-13-24)40(37,38)25-14-15-27(39-5)26(30)16-25/h6-16,19,21H,17-18H2,1-5H3,(H,32,36)/t21-/m0/s1. The van der Waals surface area contributed by atoms with E-state index < -0.39 is 40.2 Å². The van der Waals surface area contributed by atoms with Crippen LogP contribution in [0.2, 0.25) is 0 Å². The highest BCUT2D eigenvalue weighted by Gasteiger charge is 2.33. The highest BCUT2D eigenvalue weighted by Crippen LogP contribution is 2.31. The van der Waals surface area contributed by atoms with Crippen molar-refractivity contribution in [1.29, 1.82) is 0 Å². The predicted molar refractivity (Wildman–Crippen MR) is 156 cm³/mol. The van der Waals surface area contributed by atoms with Gasteiger partial charge in [-0.15, -0.1) is 0 Å². The molecular weight excluding hydrogens is 601 g/mol. The number of anilines is 1. The summed E-state index contributed by atoms with van der Waals surface area (Å²) in [4.78, 5) is 28.1. The molecule has 0 saturated heterocycles. The van der Waals surface area contributed by atoms with Crippen molar-refractivity contribution in [2.75, 3.05) is 18.0 Å². The molecule has 0 aliphatic rings. The van der Waals surface area contributed by atoms with E-state index in [4.69, 9.17) is 4.74 Å². The Balaban J connectivity index is 2.04. The van der Waals surface area contributed by atoms with E-state index in [9.17, 15) is 22.4 Å². The molecule has 0 aliphatic carbocycles. The van der Waals surface area contributed by atoms with Crippen LogP contribution >= 0.6 is 15.9 Å². The largest absolute Gasteiger partial charge is 0.496 e. The minimum absolute atomic E-state index is 0.0261. The Morgan fingerprint density at radius 3 is 2.17 bits per heavy atom. The number of rotatable bonds is 11. The van der Waals surface area contributed by atoms with Crippen LogP contribution in [0.1, 0.15) is 31.9 Å². The van der Waals surface area contributed by atoms with E-state index in [0.29, 0.717) is 15.8 Å². The molecule has 214 valence electrons. The average molecular weight is 635 g/mol. The average Bonchev–Trinajstić information content (AvgIpc) is 2.91. The van der Waals surface area contributed by atoms with E-state index in [1.165, 1.54) is 54.5 Å². The first kappa shape index (κ1) is 31.1. The summed E-state index contributed by atoms with van der Waals surface area (Å²) < 4.78 is 48.1. The van der Waals surface area contributed by atoms with Crippen molar-refractivity contribution in [3.8, 4) is 5.75 Å². The molecule has 1 atom stereocenters. The van der Waals surface area contributed by atoms with Gasteiger partial charge in [-0.05, 0) is 91.7 Å². The van der Waals surface area contributed by atoms with Gasteiger partial charge in [0.15, 0.2) is 0 Å². The van der Waals surface area contributed by atoms with Gasteiger partial charge in [-0.25, -0.2) is 12.8 Å². The number of hydrogen-bond donors (Lipinski definition) is 1. The van der Waals surface area contributed by atoms with Crippen LogP contribution < -0.4 is 14.4 Å².